The number of carbonyl (C=O) groups is 1. The monoisotopic (exact) mass is 181 g/mol. The summed E-state index contributed by atoms with van der Waals surface area (Å²) >= 11 is 0. The smallest absolute Gasteiger partial charge is 0.322 e. The lowest BCUT2D eigenvalue weighted by atomic mass is 10.1. The third kappa shape index (κ3) is 5.01. The molecule has 0 aromatic carbocycles. The van der Waals surface area contributed by atoms with Gasteiger partial charge in [-0.15, -0.1) is 0 Å². The van der Waals surface area contributed by atoms with Gasteiger partial charge in [0.1, 0.15) is 6.04 Å². The van der Waals surface area contributed by atoms with Crippen LogP contribution in [0.2, 0.25) is 0 Å². The van der Waals surface area contributed by atoms with Crippen LogP contribution in [-0.4, -0.2) is 25.0 Å². The van der Waals surface area contributed by atoms with Crippen molar-refractivity contribution in [2.24, 2.45) is 5.73 Å². The Bertz CT molecular complexity index is 156. The first kappa shape index (κ1) is 11.3. The molecule has 12 heavy (non-hydrogen) atoms. The van der Waals surface area contributed by atoms with Crippen LogP contribution in [0.4, 0.5) is 8.78 Å². The lowest BCUT2D eigenvalue weighted by molar-refractivity contribution is -0.142. The molecule has 0 rings (SSSR count). The van der Waals surface area contributed by atoms with E-state index in [0.29, 0.717) is 0 Å². The summed E-state index contributed by atoms with van der Waals surface area (Å²) in [5.74, 6) is -3.43. The van der Waals surface area contributed by atoms with Gasteiger partial charge in [0.2, 0.25) is 5.92 Å². The van der Waals surface area contributed by atoms with Crippen LogP contribution in [0.3, 0.4) is 0 Å². The summed E-state index contributed by atoms with van der Waals surface area (Å²) in [5.41, 5.74) is 5.23. The van der Waals surface area contributed by atoms with E-state index in [1.807, 2.05) is 0 Å². The molecule has 72 valence electrons. The molecule has 1 atom stereocenters. The normalized spacial score (nSPS) is 14.1. The van der Waals surface area contributed by atoms with Crippen molar-refractivity contribution in [1.82, 2.24) is 0 Å². The van der Waals surface area contributed by atoms with Crippen LogP contribution in [0.1, 0.15) is 19.8 Å². The molecule has 0 radical (unpaired) electrons. The third-order valence-corrected chi connectivity index (χ3v) is 1.40. The predicted octanol–water partition coefficient (Wildman–Crippen LogP) is 0.922. The lowest BCUT2D eigenvalue weighted by Crippen LogP contribution is -2.32. The number of halogens is 2. The summed E-state index contributed by atoms with van der Waals surface area (Å²) in [6.07, 6.45) is -0.459. The molecule has 0 aromatic heterocycles. The van der Waals surface area contributed by atoms with Gasteiger partial charge in [0, 0.05) is 6.42 Å². The van der Waals surface area contributed by atoms with Crippen LogP contribution in [0.5, 0.6) is 0 Å². The van der Waals surface area contributed by atoms with E-state index in [1.54, 1.807) is 0 Å². The molecule has 0 aliphatic rings. The lowest BCUT2D eigenvalue weighted by Gasteiger charge is -2.12. The number of ether oxygens (including phenoxy) is 1. The molecule has 0 aliphatic carbocycles. The van der Waals surface area contributed by atoms with E-state index in [1.165, 1.54) is 7.11 Å². The number of rotatable bonds is 4. The van der Waals surface area contributed by atoms with Crippen molar-refractivity contribution in [3.8, 4) is 0 Å². The summed E-state index contributed by atoms with van der Waals surface area (Å²) in [5, 5.41) is 0. The molecule has 0 aromatic rings. The van der Waals surface area contributed by atoms with Gasteiger partial charge < -0.3 is 10.5 Å². The van der Waals surface area contributed by atoms with E-state index in [9.17, 15) is 13.6 Å². The highest BCUT2D eigenvalue weighted by Gasteiger charge is 2.24. The fourth-order valence-corrected chi connectivity index (χ4v) is 0.678. The van der Waals surface area contributed by atoms with E-state index in [0.717, 1.165) is 6.92 Å². The van der Waals surface area contributed by atoms with Gasteiger partial charge in [0.15, 0.2) is 0 Å². The van der Waals surface area contributed by atoms with E-state index >= 15 is 0 Å². The molecule has 0 aliphatic heterocycles. The first-order chi connectivity index (χ1) is 5.37. The molecule has 0 heterocycles. The largest absolute Gasteiger partial charge is 0.468 e. The second-order valence-corrected chi connectivity index (χ2v) is 2.74. The van der Waals surface area contributed by atoms with Gasteiger partial charge in [-0.05, 0) is 13.3 Å². The first-order valence-electron chi connectivity index (χ1n) is 3.58. The maximum atomic E-state index is 12.2. The number of methoxy groups -OCH3 is 1. The maximum absolute atomic E-state index is 12.2. The van der Waals surface area contributed by atoms with Crippen molar-refractivity contribution in [2.75, 3.05) is 7.11 Å². The summed E-state index contributed by atoms with van der Waals surface area (Å²) in [4.78, 5) is 10.6. The molecule has 0 bridgehead atoms. The first-order valence-corrected chi connectivity index (χ1v) is 3.58. The summed E-state index contributed by atoms with van der Waals surface area (Å²) in [6, 6.07) is -0.944. The Morgan fingerprint density at radius 3 is 2.50 bits per heavy atom. The van der Waals surface area contributed by atoms with Gasteiger partial charge in [-0.25, -0.2) is 8.78 Å². The fraction of sp³-hybridized carbons (Fsp3) is 0.857. The van der Waals surface area contributed by atoms with Crippen molar-refractivity contribution in [3.63, 3.8) is 0 Å². The van der Waals surface area contributed by atoms with E-state index in [2.05, 4.69) is 4.74 Å². The zero-order valence-corrected chi connectivity index (χ0v) is 7.14. The standard InChI is InChI=1S/C7H13F2NO2/c1-7(8,9)4-3-5(10)6(11)12-2/h5H,3-4,10H2,1-2H3. The maximum Gasteiger partial charge on any atom is 0.322 e. The second kappa shape index (κ2) is 4.35. The van der Waals surface area contributed by atoms with Gasteiger partial charge >= 0.3 is 5.97 Å². The molecular weight excluding hydrogens is 168 g/mol. The Labute approximate surface area is 69.9 Å². The van der Waals surface area contributed by atoms with Crippen molar-refractivity contribution >= 4 is 5.97 Å². The quantitative estimate of drug-likeness (QED) is 0.656. The average molecular weight is 181 g/mol. The molecule has 1 unspecified atom stereocenters. The predicted molar refractivity (Wildman–Crippen MR) is 39.8 cm³/mol. The Morgan fingerprint density at radius 2 is 2.17 bits per heavy atom. The van der Waals surface area contributed by atoms with Crippen LogP contribution in [0, 0.1) is 0 Å². The molecule has 0 amide bonds. The summed E-state index contributed by atoms with van der Waals surface area (Å²) < 4.78 is 28.8. The topological polar surface area (TPSA) is 52.3 Å². The van der Waals surface area contributed by atoms with Gasteiger partial charge in [-0.1, -0.05) is 0 Å². The zero-order valence-electron chi connectivity index (χ0n) is 7.14. The second-order valence-electron chi connectivity index (χ2n) is 2.74. The number of nitrogens with two attached hydrogens (primary N) is 1. The average Bonchev–Trinajstić information content (AvgIpc) is 1.97. The number of esters is 1. The van der Waals surface area contributed by atoms with Crippen LogP contribution in [0.15, 0.2) is 0 Å². The number of alkyl halides is 2. The number of carbonyl (C=O) groups excluding carboxylic acids is 1. The Morgan fingerprint density at radius 1 is 1.67 bits per heavy atom. The van der Waals surface area contributed by atoms with Crippen LogP contribution >= 0.6 is 0 Å². The number of hydrogen-bond acceptors (Lipinski definition) is 3. The van der Waals surface area contributed by atoms with Crippen LogP contribution in [-0.2, 0) is 9.53 Å². The van der Waals surface area contributed by atoms with Crippen molar-refractivity contribution in [2.45, 2.75) is 31.7 Å². The van der Waals surface area contributed by atoms with Crippen molar-refractivity contribution in [3.05, 3.63) is 0 Å². The summed E-state index contributed by atoms with van der Waals surface area (Å²) in [6.45, 7) is 0.789. The van der Waals surface area contributed by atoms with Gasteiger partial charge in [0.25, 0.3) is 0 Å². The number of hydrogen-bond donors (Lipinski definition) is 1. The summed E-state index contributed by atoms with van der Waals surface area (Å²) in [7, 11) is 1.17. The van der Waals surface area contributed by atoms with Gasteiger partial charge in [0.05, 0.1) is 7.11 Å². The highest BCUT2D eigenvalue weighted by Crippen LogP contribution is 2.19. The van der Waals surface area contributed by atoms with Crippen LogP contribution in [0.25, 0.3) is 0 Å². The SMILES string of the molecule is COC(=O)C(N)CCC(C)(F)F. The van der Waals surface area contributed by atoms with Gasteiger partial charge in [-0.3, -0.25) is 4.79 Å². The van der Waals surface area contributed by atoms with Crippen molar-refractivity contribution in [1.29, 1.82) is 0 Å². The fourth-order valence-electron chi connectivity index (χ4n) is 0.678. The van der Waals surface area contributed by atoms with Crippen molar-refractivity contribution < 1.29 is 18.3 Å². The highest BCUT2D eigenvalue weighted by molar-refractivity contribution is 5.75. The Balaban J connectivity index is 3.72. The Hall–Kier alpha value is -0.710. The minimum Gasteiger partial charge on any atom is -0.468 e. The highest BCUT2D eigenvalue weighted by atomic mass is 19.3. The van der Waals surface area contributed by atoms with E-state index in [4.69, 9.17) is 5.73 Å². The van der Waals surface area contributed by atoms with Crippen LogP contribution < -0.4 is 5.73 Å². The third-order valence-electron chi connectivity index (χ3n) is 1.40. The molecule has 0 spiro atoms. The van der Waals surface area contributed by atoms with Gasteiger partial charge in [-0.2, -0.15) is 0 Å². The molecule has 3 nitrogen and oxygen atoms in total. The minimum atomic E-state index is -2.77. The zero-order chi connectivity index (χ0) is 9.78. The molecule has 5 heteroatoms. The van der Waals surface area contributed by atoms with E-state index in [-0.39, 0.29) is 6.42 Å². The molecule has 0 saturated heterocycles. The Kier molecular flexibility index (Phi) is 4.09. The molecular formula is C7H13F2NO2. The molecule has 2 N–H and O–H groups in total. The molecule has 0 saturated carbocycles. The minimum absolute atomic E-state index is 0.0594. The molecule has 0 fully saturated rings. The van der Waals surface area contributed by atoms with E-state index < -0.39 is 24.4 Å².